The van der Waals surface area contributed by atoms with Gasteiger partial charge >= 0.3 is 11.9 Å². The Labute approximate surface area is 159 Å². The standard InChI is InChI=1S/C22H14N2O4/c25-21(26)15-7-3-5-13(11-15)19-20(14-6-4-8-16(12-14)22(27)28)24-18-10-2-1-9-17(18)23-19/h1-12H,(H,25,26)(H,27,28). The first-order valence-electron chi connectivity index (χ1n) is 8.47. The van der Waals surface area contributed by atoms with E-state index in [9.17, 15) is 19.8 Å². The molecule has 0 saturated carbocycles. The first-order valence-corrected chi connectivity index (χ1v) is 8.47. The van der Waals surface area contributed by atoms with Gasteiger partial charge in [0.05, 0.1) is 33.5 Å². The molecule has 28 heavy (non-hydrogen) atoms. The summed E-state index contributed by atoms with van der Waals surface area (Å²) in [5.74, 6) is -2.07. The minimum atomic E-state index is -1.04. The Kier molecular flexibility index (Phi) is 4.29. The Morgan fingerprint density at radius 3 is 1.43 bits per heavy atom. The van der Waals surface area contributed by atoms with Crippen molar-refractivity contribution < 1.29 is 19.8 Å². The molecule has 0 radical (unpaired) electrons. The number of nitrogens with zero attached hydrogens (tertiary/aromatic N) is 2. The van der Waals surface area contributed by atoms with Crippen LogP contribution in [0.5, 0.6) is 0 Å². The van der Waals surface area contributed by atoms with Crippen LogP contribution in [0.4, 0.5) is 0 Å². The van der Waals surface area contributed by atoms with Gasteiger partial charge in [-0.2, -0.15) is 0 Å². The molecule has 2 N–H and O–H groups in total. The van der Waals surface area contributed by atoms with Crippen molar-refractivity contribution in [3.63, 3.8) is 0 Å². The summed E-state index contributed by atoms with van der Waals surface area (Å²) in [6.45, 7) is 0. The average molecular weight is 370 g/mol. The van der Waals surface area contributed by atoms with Crippen LogP contribution >= 0.6 is 0 Å². The van der Waals surface area contributed by atoms with Crippen molar-refractivity contribution in [2.24, 2.45) is 0 Å². The lowest BCUT2D eigenvalue weighted by molar-refractivity contribution is 0.0686. The minimum absolute atomic E-state index is 0.137. The molecule has 0 amide bonds. The van der Waals surface area contributed by atoms with E-state index in [0.717, 1.165) is 0 Å². The molecule has 4 aromatic rings. The zero-order valence-electron chi connectivity index (χ0n) is 14.5. The third-order valence-corrected chi connectivity index (χ3v) is 4.34. The summed E-state index contributed by atoms with van der Waals surface area (Å²) in [5.41, 5.74) is 3.76. The molecule has 6 heteroatoms. The Morgan fingerprint density at radius 1 is 0.607 bits per heavy atom. The number of carbonyl (C=O) groups is 2. The molecule has 0 fully saturated rings. The van der Waals surface area contributed by atoms with Gasteiger partial charge in [0, 0.05) is 11.1 Å². The lowest BCUT2D eigenvalue weighted by Crippen LogP contribution is -2.00. The number of aromatic nitrogens is 2. The molecular formula is C22H14N2O4. The number of carboxylic acid groups (broad SMARTS) is 2. The van der Waals surface area contributed by atoms with E-state index in [4.69, 9.17) is 9.97 Å². The van der Waals surface area contributed by atoms with Crippen LogP contribution in [0.25, 0.3) is 33.5 Å². The summed E-state index contributed by atoms with van der Waals surface area (Å²) >= 11 is 0. The molecule has 3 aromatic carbocycles. The zero-order valence-corrected chi connectivity index (χ0v) is 14.5. The number of hydrogen-bond donors (Lipinski definition) is 2. The molecule has 1 heterocycles. The Balaban J connectivity index is 2.01. The summed E-state index contributed by atoms with van der Waals surface area (Å²) in [4.78, 5) is 32.1. The van der Waals surface area contributed by atoms with Crippen molar-refractivity contribution >= 4 is 23.0 Å². The lowest BCUT2D eigenvalue weighted by Gasteiger charge is -2.11. The number of fused-ring (bicyclic) bond motifs is 1. The third kappa shape index (κ3) is 3.19. The van der Waals surface area contributed by atoms with Crippen LogP contribution in [0.1, 0.15) is 20.7 Å². The van der Waals surface area contributed by atoms with E-state index in [2.05, 4.69) is 0 Å². The topological polar surface area (TPSA) is 100 Å². The maximum Gasteiger partial charge on any atom is 0.335 e. The smallest absolute Gasteiger partial charge is 0.335 e. The molecule has 1 aromatic heterocycles. The van der Waals surface area contributed by atoms with Gasteiger partial charge in [-0.3, -0.25) is 0 Å². The molecule has 4 rings (SSSR count). The van der Waals surface area contributed by atoms with E-state index in [1.54, 1.807) is 24.3 Å². The second kappa shape index (κ2) is 6.92. The summed E-state index contributed by atoms with van der Waals surface area (Å²) in [7, 11) is 0. The molecular weight excluding hydrogens is 356 g/mol. The van der Waals surface area contributed by atoms with Gasteiger partial charge in [0.15, 0.2) is 0 Å². The molecule has 0 atom stereocenters. The van der Waals surface area contributed by atoms with Crippen LogP contribution in [0, 0.1) is 0 Å². The van der Waals surface area contributed by atoms with E-state index in [0.29, 0.717) is 33.5 Å². The van der Waals surface area contributed by atoms with Crippen LogP contribution < -0.4 is 0 Å². The Hall–Kier alpha value is -4.06. The van der Waals surface area contributed by atoms with Crippen LogP contribution in [-0.4, -0.2) is 32.1 Å². The summed E-state index contributed by atoms with van der Waals surface area (Å²) in [6.07, 6.45) is 0. The third-order valence-electron chi connectivity index (χ3n) is 4.34. The SMILES string of the molecule is O=C(O)c1cccc(-c2nc3ccccc3nc2-c2cccc(C(=O)O)c2)c1. The van der Waals surface area contributed by atoms with Gasteiger partial charge < -0.3 is 10.2 Å². The highest BCUT2D eigenvalue weighted by Gasteiger charge is 2.16. The number of rotatable bonds is 4. The van der Waals surface area contributed by atoms with E-state index in [1.165, 1.54) is 24.3 Å². The Morgan fingerprint density at radius 2 is 1.04 bits per heavy atom. The fraction of sp³-hybridized carbons (Fsp3) is 0. The fourth-order valence-corrected chi connectivity index (χ4v) is 3.00. The molecule has 0 aliphatic heterocycles. The van der Waals surface area contributed by atoms with Gasteiger partial charge in [-0.25, -0.2) is 19.6 Å². The predicted octanol–water partition coefficient (Wildman–Crippen LogP) is 4.36. The molecule has 6 nitrogen and oxygen atoms in total. The number of benzene rings is 3. The van der Waals surface area contributed by atoms with Crippen LogP contribution in [-0.2, 0) is 0 Å². The second-order valence-electron chi connectivity index (χ2n) is 6.18. The molecule has 0 bridgehead atoms. The van der Waals surface area contributed by atoms with Gasteiger partial charge in [-0.15, -0.1) is 0 Å². The summed E-state index contributed by atoms with van der Waals surface area (Å²) in [5, 5.41) is 18.6. The van der Waals surface area contributed by atoms with Crippen molar-refractivity contribution in [3.8, 4) is 22.5 Å². The van der Waals surface area contributed by atoms with Crippen LogP contribution in [0.2, 0.25) is 0 Å². The number of aromatic carboxylic acids is 2. The van der Waals surface area contributed by atoms with Gasteiger partial charge in [0.25, 0.3) is 0 Å². The number of carboxylic acids is 2. The summed E-state index contributed by atoms with van der Waals surface area (Å²) in [6, 6.07) is 20.2. The monoisotopic (exact) mass is 370 g/mol. The van der Waals surface area contributed by atoms with Crippen LogP contribution in [0.15, 0.2) is 72.8 Å². The fourth-order valence-electron chi connectivity index (χ4n) is 3.00. The zero-order chi connectivity index (χ0) is 19.7. The summed E-state index contributed by atoms with van der Waals surface area (Å²) < 4.78 is 0. The number of para-hydroxylation sites is 2. The molecule has 0 aliphatic carbocycles. The first-order chi connectivity index (χ1) is 13.5. The van der Waals surface area contributed by atoms with Gasteiger partial charge in [-0.1, -0.05) is 36.4 Å². The van der Waals surface area contributed by atoms with Crippen molar-refractivity contribution in [1.82, 2.24) is 9.97 Å². The molecule has 0 spiro atoms. The van der Waals surface area contributed by atoms with E-state index in [-0.39, 0.29) is 11.1 Å². The number of hydrogen-bond acceptors (Lipinski definition) is 4. The van der Waals surface area contributed by atoms with Crippen molar-refractivity contribution in [3.05, 3.63) is 83.9 Å². The molecule has 0 aliphatic rings. The minimum Gasteiger partial charge on any atom is -0.478 e. The maximum absolute atomic E-state index is 11.4. The first kappa shape index (κ1) is 17.4. The highest BCUT2D eigenvalue weighted by atomic mass is 16.4. The highest BCUT2D eigenvalue weighted by Crippen LogP contribution is 2.31. The van der Waals surface area contributed by atoms with Crippen LogP contribution in [0.3, 0.4) is 0 Å². The second-order valence-corrected chi connectivity index (χ2v) is 6.18. The Bertz CT molecular complexity index is 1140. The average Bonchev–Trinajstić information content (AvgIpc) is 2.73. The largest absolute Gasteiger partial charge is 0.478 e. The van der Waals surface area contributed by atoms with Crippen molar-refractivity contribution in [2.75, 3.05) is 0 Å². The predicted molar refractivity (Wildman–Crippen MR) is 104 cm³/mol. The van der Waals surface area contributed by atoms with Gasteiger partial charge in [-0.05, 0) is 36.4 Å². The van der Waals surface area contributed by atoms with Gasteiger partial charge in [0.2, 0.25) is 0 Å². The van der Waals surface area contributed by atoms with Crippen molar-refractivity contribution in [2.45, 2.75) is 0 Å². The normalized spacial score (nSPS) is 10.7. The molecule has 136 valence electrons. The molecule has 0 saturated heterocycles. The maximum atomic E-state index is 11.4. The quantitative estimate of drug-likeness (QED) is 0.554. The van der Waals surface area contributed by atoms with Crippen molar-refractivity contribution in [1.29, 1.82) is 0 Å². The van der Waals surface area contributed by atoms with E-state index in [1.807, 2.05) is 24.3 Å². The molecule has 0 unspecified atom stereocenters. The highest BCUT2D eigenvalue weighted by molar-refractivity contribution is 5.93. The van der Waals surface area contributed by atoms with Gasteiger partial charge in [0.1, 0.15) is 0 Å². The van der Waals surface area contributed by atoms with E-state index >= 15 is 0 Å². The lowest BCUT2D eigenvalue weighted by atomic mass is 10.0. The van der Waals surface area contributed by atoms with E-state index < -0.39 is 11.9 Å².